The Morgan fingerprint density at radius 3 is 2.43 bits per heavy atom. The minimum atomic E-state index is -0.319. The Morgan fingerprint density at radius 2 is 1.86 bits per heavy atom. The molecular formula is C11H20O3. The van der Waals surface area contributed by atoms with E-state index in [1.165, 1.54) is 0 Å². The largest absolute Gasteiger partial charge is 0.392 e. The second-order valence-corrected chi connectivity index (χ2v) is 4.77. The summed E-state index contributed by atoms with van der Waals surface area (Å²) in [5, 5.41) is 20.1. The average Bonchev–Trinajstić information content (AvgIpc) is 2.69. The molecule has 3 unspecified atom stereocenters. The van der Waals surface area contributed by atoms with Crippen LogP contribution in [0.25, 0.3) is 0 Å². The quantitative estimate of drug-likeness (QED) is 0.697. The third kappa shape index (κ3) is 1.30. The minimum Gasteiger partial charge on any atom is -0.392 e. The number of hydrogen-bond acceptors (Lipinski definition) is 3. The van der Waals surface area contributed by atoms with Crippen LogP contribution in [-0.2, 0) is 4.74 Å². The second kappa shape index (κ2) is 3.80. The van der Waals surface area contributed by atoms with Gasteiger partial charge in [0.1, 0.15) is 0 Å². The van der Waals surface area contributed by atoms with Gasteiger partial charge in [0.05, 0.1) is 12.2 Å². The van der Waals surface area contributed by atoms with E-state index < -0.39 is 0 Å². The smallest absolute Gasteiger partial charge is 0.0625 e. The second-order valence-electron chi connectivity index (χ2n) is 4.77. The lowest BCUT2D eigenvalue weighted by Gasteiger charge is -2.37. The predicted molar refractivity (Wildman–Crippen MR) is 52.9 cm³/mol. The molecular weight excluding hydrogens is 180 g/mol. The van der Waals surface area contributed by atoms with E-state index in [0.717, 1.165) is 32.1 Å². The van der Waals surface area contributed by atoms with Gasteiger partial charge >= 0.3 is 0 Å². The normalized spacial score (nSPS) is 47.8. The van der Waals surface area contributed by atoms with Crippen LogP contribution >= 0.6 is 0 Å². The summed E-state index contributed by atoms with van der Waals surface area (Å²) in [7, 11) is 1.69. The molecule has 0 bridgehead atoms. The van der Waals surface area contributed by atoms with Gasteiger partial charge in [0.25, 0.3) is 0 Å². The highest BCUT2D eigenvalue weighted by atomic mass is 16.5. The molecule has 2 fully saturated rings. The van der Waals surface area contributed by atoms with E-state index in [-0.39, 0.29) is 17.6 Å². The van der Waals surface area contributed by atoms with Gasteiger partial charge in [-0.1, -0.05) is 6.42 Å². The molecule has 0 heterocycles. The molecule has 2 aliphatic rings. The third-order valence-electron chi connectivity index (χ3n) is 4.24. The molecule has 0 aromatic carbocycles. The fourth-order valence-corrected chi connectivity index (χ4v) is 3.52. The van der Waals surface area contributed by atoms with E-state index in [0.29, 0.717) is 12.5 Å². The van der Waals surface area contributed by atoms with E-state index in [1.807, 2.05) is 0 Å². The summed E-state index contributed by atoms with van der Waals surface area (Å²) in [6, 6.07) is 0. The molecule has 14 heavy (non-hydrogen) atoms. The van der Waals surface area contributed by atoms with Gasteiger partial charge in [0.2, 0.25) is 0 Å². The van der Waals surface area contributed by atoms with Crippen LogP contribution in [-0.4, -0.2) is 36.1 Å². The van der Waals surface area contributed by atoms with Crippen molar-refractivity contribution in [3.8, 4) is 0 Å². The average molecular weight is 200 g/mol. The van der Waals surface area contributed by atoms with Gasteiger partial charge in [-0.3, -0.25) is 0 Å². The van der Waals surface area contributed by atoms with E-state index in [2.05, 4.69) is 0 Å². The van der Waals surface area contributed by atoms with Crippen molar-refractivity contribution < 1.29 is 14.9 Å². The Bertz CT molecular complexity index is 195. The summed E-state index contributed by atoms with van der Waals surface area (Å²) in [5.41, 5.74) is -0.240. The molecule has 0 aliphatic heterocycles. The first kappa shape index (κ1) is 10.4. The molecule has 2 N–H and O–H groups in total. The topological polar surface area (TPSA) is 49.7 Å². The first-order valence-electron chi connectivity index (χ1n) is 5.57. The van der Waals surface area contributed by atoms with Crippen LogP contribution in [0.4, 0.5) is 0 Å². The molecule has 0 radical (unpaired) electrons. The lowest BCUT2D eigenvalue weighted by Crippen LogP contribution is -2.43. The van der Waals surface area contributed by atoms with Crippen molar-refractivity contribution in [1.82, 2.24) is 0 Å². The summed E-state index contributed by atoms with van der Waals surface area (Å²) < 4.78 is 5.19. The highest BCUT2D eigenvalue weighted by molar-refractivity contribution is 5.05. The van der Waals surface area contributed by atoms with Crippen molar-refractivity contribution in [2.24, 2.45) is 11.3 Å². The first-order valence-corrected chi connectivity index (χ1v) is 5.57. The zero-order valence-electron chi connectivity index (χ0n) is 8.78. The number of hydrogen-bond donors (Lipinski definition) is 2. The van der Waals surface area contributed by atoms with Crippen LogP contribution in [0.1, 0.15) is 32.1 Å². The standard InChI is InChI=1S/C11H20O3/c1-14-7-8-3-2-6-11(8)9(12)4-5-10(11)13/h8-10,12-13H,2-7H2,1H3. The van der Waals surface area contributed by atoms with E-state index in [9.17, 15) is 10.2 Å². The molecule has 1 spiro atoms. The molecule has 3 heteroatoms. The van der Waals surface area contributed by atoms with Gasteiger partial charge in [0.15, 0.2) is 0 Å². The number of aliphatic hydroxyl groups is 2. The zero-order valence-corrected chi connectivity index (χ0v) is 8.78. The number of aliphatic hydroxyl groups excluding tert-OH is 2. The molecule has 2 aliphatic carbocycles. The summed E-state index contributed by atoms with van der Waals surface area (Å²) >= 11 is 0. The van der Waals surface area contributed by atoms with E-state index in [1.54, 1.807) is 7.11 Å². The predicted octanol–water partition coefficient (Wildman–Crippen LogP) is 0.935. The molecule has 0 aromatic heterocycles. The maximum atomic E-state index is 10.0. The van der Waals surface area contributed by atoms with Crippen molar-refractivity contribution in [2.45, 2.75) is 44.3 Å². The van der Waals surface area contributed by atoms with Crippen LogP contribution < -0.4 is 0 Å². The molecule has 2 rings (SSSR count). The maximum Gasteiger partial charge on any atom is 0.0625 e. The maximum absolute atomic E-state index is 10.0. The number of methoxy groups -OCH3 is 1. The summed E-state index contributed by atoms with van der Waals surface area (Å²) in [6.07, 6.45) is 4.02. The lowest BCUT2D eigenvalue weighted by atomic mass is 9.73. The van der Waals surface area contributed by atoms with Gasteiger partial charge in [-0.05, 0) is 31.6 Å². The Labute approximate surface area is 85.1 Å². The Kier molecular flexibility index (Phi) is 2.82. The van der Waals surface area contributed by atoms with E-state index >= 15 is 0 Å². The van der Waals surface area contributed by atoms with Crippen LogP contribution in [0, 0.1) is 11.3 Å². The van der Waals surface area contributed by atoms with Gasteiger partial charge < -0.3 is 14.9 Å². The molecule has 2 saturated carbocycles. The fourth-order valence-electron chi connectivity index (χ4n) is 3.52. The monoisotopic (exact) mass is 200 g/mol. The van der Waals surface area contributed by atoms with Crippen molar-refractivity contribution in [3.05, 3.63) is 0 Å². The number of rotatable bonds is 2. The van der Waals surface area contributed by atoms with Gasteiger partial charge in [-0.2, -0.15) is 0 Å². The lowest BCUT2D eigenvalue weighted by molar-refractivity contribution is -0.0682. The van der Waals surface area contributed by atoms with Crippen LogP contribution in [0.2, 0.25) is 0 Å². The van der Waals surface area contributed by atoms with Crippen LogP contribution in [0.5, 0.6) is 0 Å². The third-order valence-corrected chi connectivity index (χ3v) is 4.24. The molecule has 0 amide bonds. The summed E-state index contributed by atoms with van der Waals surface area (Å²) in [4.78, 5) is 0. The first-order chi connectivity index (χ1) is 6.71. The molecule has 0 saturated heterocycles. The van der Waals surface area contributed by atoms with Crippen molar-refractivity contribution in [2.75, 3.05) is 13.7 Å². The minimum absolute atomic E-state index is 0.240. The van der Waals surface area contributed by atoms with Crippen molar-refractivity contribution in [1.29, 1.82) is 0 Å². The molecule has 0 aromatic rings. The van der Waals surface area contributed by atoms with E-state index in [4.69, 9.17) is 4.74 Å². The van der Waals surface area contributed by atoms with Gasteiger partial charge in [-0.15, -0.1) is 0 Å². The fraction of sp³-hybridized carbons (Fsp3) is 1.00. The SMILES string of the molecule is COCC1CCCC12C(O)CCC2O. The molecule has 3 nitrogen and oxygen atoms in total. The summed E-state index contributed by atoms with van der Waals surface area (Å²) in [5.74, 6) is 0.347. The van der Waals surface area contributed by atoms with Crippen LogP contribution in [0.3, 0.4) is 0 Å². The Hall–Kier alpha value is -0.120. The van der Waals surface area contributed by atoms with Gasteiger partial charge in [0, 0.05) is 19.1 Å². The van der Waals surface area contributed by atoms with Crippen molar-refractivity contribution >= 4 is 0 Å². The van der Waals surface area contributed by atoms with Gasteiger partial charge in [-0.25, -0.2) is 0 Å². The highest BCUT2D eigenvalue weighted by Crippen LogP contribution is 2.54. The highest BCUT2D eigenvalue weighted by Gasteiger charge is 2.55. The van der Waals surface area contributed by atoms with Crippen LogP contribution in [0.15, 0.2) is 0 Å². The Balaban J connectivity index is 2.18. The summed E-state index contributed by atoms with van der Waals surface area (Å²) in [6.45, 7) is 0.675. The molecule has 82 valence electrons. The zero-order chi connectivity index (χ0) is 10.2. The number of ether oxygens (including phenoxy) is 1. The molecule has 3 atom stereocenters. The Morgan fingerprint density at radius 1 is 1.21 bits per heavy atom. The van der Waals surface area contributed by atoms with Crippen molar-refractivity contribution in [3.63, 3.8) is 0 Å².